The van der Waals surface area contributed by atoms with E-state index in [1.807, 2.05) is 37.3 Å². The Balaban J connectivity index is 1.54. The van der Waals surface area contributed by atoms with Crippen LogP contribution in [0, 0.1) is 0 Å². The lowest BCUT2D eigenvalue weighted by atomic mass is 9.81. The Kier molecular flexibility index (Phi) is 4.46. The maximum Gasteiger partial charge on any atom is 0.168 e. The van der Waals surface area contributed by atoms with Gasteiger partial charge in [0.1, 0.15) is 5.76 Å². The van der Waals surface area contributed by atoms with Gasteiger partial charge in [-0.1, -0.05) is 54.6 Å². The number of hydrogen-bond donors (Lipinski definition) is 1. The number of Topliss-reactive ketones (excluding diaryl/α,β-unsaturated/α-hetero) is 1. The van der Waals surface area contributed by atoms with Crippen LogP contribution >= 0.6 is 0 Å². The van der Waals surface area contributed by atoms with Gasteiger partial charge in [0.2, 0.25) is 0 Å². The second kappa shape index (κ2) is 6.91. The Morgan fingerprint density at radius 1 is 0.923 bits per heavy atom. The maximum absolute atomic E-state index is 12.7. The molecule has 0 saturated carbocycles. The third-order valence-electron chi connectivity index (χ3n) is 5.48. The monoisotopic (exact) mass is 345 g/mol. The molecule has 26 heavy (non-hydrogen) atoms. The zero-order chi connectivity index (χ0) is 18.1. The molecule has 2 aliphatic rings. The van der Waals surface area contributed by atoms with Crippen LogP contribution in [0.1, 0.15) is 42.4 Å². The summed E-state index contributed by atoms with van der Waals surface area (Å²) in [5.74, 6) is 0.238. The van der Waals surface area contributed by atoms with Crippen molar-refractivity contribution in [2.45, 2.75) is 44.6 Å². The summed E-state index contributed by atoms with van der Waals surface area (Å²) in [5.41, 5.74) is 4.90. The molecule has 0 fully saturated rings. The minimum atomic E-state index is -0.000589. The van der Waals surface area contributed by atoms with Gasteiger partial charge in [0, 0.05) is 18.6 Å². The molecule has 0 saturated heterocycles. The summed E-state index contributed by atoms with van der Waals surface area (Å²) >= 11 is 0. The van der Waals surface area contributed by atoms with Crippen molar-refractivity contribution in [1.29, 1.82) is 0 Å². The van der Waals surface area contributed by atoms with Gasteiger partial charge in [0.25, 0.3) is 0 Å². The molecule has 2 aliphatic carbocycles. The minimum Gasteiger partial charge on any atom is -0.511 e. The first kappa shape index (κ1) is 16.8. The summed E-state index contributed by atoms with van der Waals surface area (Å²) in [6, 6.07) is 18.5. The highest BCUT2D eigenvalue weighted by atomic mass is 16.3. The number of allylic oxidation sites excluding steroid dienone is 2. The van der Waals surface area contributed by atoms with E-state index in [2.05, 4.69) is 24.3 Å². The van der Waals surface area contributed by atoms with E-state index in [1.165, 1.54) is 11.1 Å². The number of nitrogens with zero attached hydrogens (tertiary/aromatic N) is 1. The molecule has 1 unspecified atom stereocenters. The lowest BCUT2D eigenvalue weighted by Crippen LogP contribution is -2.23. The Morgan fingerprint density at radius 2 is 1.54 bits per heavy atom. The first-order chi connectivity index (χ1) is 12.6. The second-order valence-electron chi connectivity index (χ2n) is 7.31. The number of carbonyl (C=O) groups is 1. The van der Waals surface area contributed by atoms with Gasteiger partial charge < -0.3 is 5.11 Å². The van der Waals surface area contributed by atoms with Crippen LogP contribution in [0.4, 0.5) is 0 Å². The first-order valence-corrected chi connectivity index (χ1v) is 9.23. The quantitative estimate of drug-likeness (QED) is 0.828. The van der Waals surface area contributed by atoms with E-state index in [9.17, 15) is 9.90 Å². The summed E-state index contributed by atoms with van der Waals surface area (Å²) in [4.78, 5) is 17.5. The van der Waals surface area contributed by atoms with Gasteiger partial charge in [0.05, 0.1) is 11.6 Å². The van der Waals surface area contributed by atoms with Crippen molar-refractivity contribution in [3.8, 4) is 0 Å². The van der Waals surface area contributed by atoms with E-state index < -0.39 is 0 Å². The topological polar surface area (TPSA) is 49.7 Å². The van der Waals surface area contributed by atoms with Crippen LogP contribution in [-0.4, -0.2) is 22.6 Å². The molecule has 0 aromatic heterocycles. The number of hydrogen-bond acceptors (Lipinski definition) is 3. The summed E-state index contributed by atoms with van der Waals surface area (Å²) in [6.45, 7) is 1.86. The second-order valence-corrected chi connectivity index (χ2v) is 7.31. The first-order valence-electron chi connectivity index (χ1n) is 9.23. The van der Waals surface area contributed by atoms with Gasteiger partial charge in [-0.25, -0.2) is 0 Å². The SMILES string of the molecule is CC(=NC1Cc2ccccc2C1)C1=C(O)CC(c2ccccc2)CC1=O. The Morgan fingerprint density at radius 3 is 2.15 bits per heavy atom. The van der Waals surface area contributed by atoms with Gasteiger partial charge >= 0.3 is 0 Å². The molecule has 0 amide bonds. The van der Waals surface area contributed by atoms with Gasteiger partial charge in [0.15, 0.2) is 5.78 Å². The molecule has 0 spiro atoms. The van der Waals surface area contributed by atoms with Crippen molar-refractivity contribution in [2.75, 3.05) is 0 Å². The van der Waals surface area contributed by atoms with Crippen LogP contribution < -0.4 is 0 Å². The zero-order valence-electron chi connectivity index (χ0n) is 15.0. The molecule has 3 heteroatoms. The van der Waals surface area contributed by atoms with Crippen LogP contribution in [0.25, 0.3) is 0 Å². The summed E-state index contributed by atoms with van der Waals surface area (Å²) in [6.07, 6.45) is 2.74. The van der Waals surface area contributed by atoms with Gasteiger partial charge in [-0.3, -0.25) is 9.79 Å². The smallest absolute Gasteiger partial charge is 0.168 e. The van der Waals surface area contributed by atoms with Crippen LogP contribution in [0.2, 0.25) is 0 Å². The number of fused-ring (bicyclic) bond motifs is 1. The van der Waals surface area contributed by atoms with Crippen molar-refractivity contribution in [3.05, 3.63) is 82.6 Å². The standard InChI is InChI=1S/C23H23NO2/c1-15(24-20-11-17-9-5-6-10-18(17)12-20)23-21(25)13-19(14-22(23)26)16-7-3-2-4-8-16/h2-10,19-20,25H,11-14H2,1H3. The molecule has 0 bridgehead atoms. The lowest BCUT2D eigenvalue weighted by Gasteiger charge is -2.24. The molecule has 1 N–H and O–H groups in total. The van der Waals surface area contributed by atoms with E-state index in [1.54, 1.807) is 0 Å². The summed E-state index contributed by atoms with van der Waals surface area (Å²) < 4.78 is 0. The van der Waals surface area contributed by atoms with Gasteiger partial charge in [-0.2, -0.15) is 0 Å². The molecule has 0 radical (unpaired) electrons. The third-order valence-corrected chi connectivity index (χ3v) is 5.48. The lowest BCUT2D eigenvalue weighted by molar-refractivity contribution is -0.116. The van der Waals surface area contributed by atoms with E-state index in [-0.39, 0.29) is 23.5 Å². The number of rotatable bonds is 3. The number of aliphatic hydroxyl groups is 1. The fraction of sp³-hybridized carbons (Fsp3) is 0.304. The largest absolute Gasteiger partial charge is 0.511 e. The zero-order valence-corrected chi connectivity index (χ0v) is 15.0. The normalized spacial score (nSPS) is 21.2. The van der Waals surface area contributed by atoms with E-state index in [4.69, 9.17) is 4.99 Å². The molecule has 4 rings (SSSR count). The fourth-order valence-corrected chi connectivity index (χ4v) is 4.23. The van der Waals surface area contributed by atoms with Crippen molar-refractivity contribution >= 4 is 11.5 Å². The third kappa shape index (κ3) is 3.22. The number of aliphatic hydroxyl groups excluding tert-OH is 1. The Bertz CT molecular complexity index is 870. The van der Waals surface area contributed by atoms with E-state index >= 15 is 0 Å². The molecule has 132 valence electrons. The predicted molar refractivity (Wildman–Crippen MR) is 104 cm³/mol. The molecule has 3 nitrogen and oxygen atoms in total. The van der Waals surface area contributed by atoms with Crippen molar-refractivity contribution in [3.63, 3.8) is 0 Å². The highest BCUT2D eigenvalue weighted by molar-refractivity contribution is 6.22. The maximum atomic E-state index is 12.7. The summed E-state index contributed by atoms with van der Waals surface area (Å²) in [5, 5.41) is 10.6. The van der Waals surface area contributed by atoms with E-state index in [0.717, 1.165) is 18.4 Å². The molecule has 0 heterocycles. The molecule has 0 aliphatic heterocycles. The number of ketones is 1. The Hall–Kier alpha value is -2.68. The molecule has 2 aromatic carbocycles. The van der Waals surface area contributed by atoms with E-state index in [0.29, 0.717) is 24.1 Å². The average Bonchev–Trinajstić information content (AvgIpc) is 3.04. The number of aliphatic imine (C=N–C) groups is 1. The molecular formula is C23H23NO2. The number of carbonyl (C=O) groups excluding carboxylic acids is 1. The van der Waals surface area contributed by atoms with Crippen LogP contribution in [0.15, 0.2) is 70.9 Å². The average molecular weight is 345 g/mol. The molecule has 1 atom stereocenters. The van der Waals surface area contributed by atoms with Gasteiger partial charge in [-0.05, 0) is 42.4 Å². The predicted octanol–water partition coefficient (Wildman–Crippen LogP) is 4.57. The minimum absolute atomic E-state index is 0.000589. The summed E-state index contributed by atoms with van der Waals surface area (Å²) in [7, 11) is 0. The van der Waals surface area contributed by atoms with Crippen LogP contribution in [-0.2, 0) is 17.6 Å². The highest BCUT2D eigenvalue weighted by Crippen LogP contribution is 2.34. The highest BCUT2D eigenvalue weighted by Gasteiger charge is 2.30. The molecule has 2 aromatic rings. The van der Waals surface area contributed by atoms with Crippen LogP contribution in [0.3, 0.4) is 0 Å². The van der Waals surface area contributed by atoms with Crippen molar-refractivity contribution in [2.24, 2.45) is 4.99 Å². The van der Waals surface area contributed by atoms with Crippen molar-refractivity contribution in [1.82, 2.24) is 0 Å². The number of benzene rings is 2. The fourth-order valence-electron chi connectivity index (χ4n) is 4.23. The van der Waals surface area contributed by atoms with Crippen LogP contribution in [0.5, 0.6) is 0 Å². The molecular weight excluding hydrogens is 322 g/mol. The van der Waals surface area contributed by atoms with Gasteiger partial charge in [-0.15, -0.1) is 0 Å². The van der Waals surface area contributed by atoms with Crippen molar-refractivity contribution < 1.29 is 9.90 Å². The Labute approximate surface area is 154 Å².